The van der Waals surface area contributed by atoms with Crippen LogP contribution in [-0.2, 0) is 13.1 Å². The number of amides is 1. The molecular weight excluding hydrogens is 510 g/mol. The number of aromatic nitrogens is 4. The molecule has 0 saturated heterocycles. The fraction of sp³-hybridized carbons (Fsp3) is 0.333. The Morgan fingerprint density at radius 2 is 1.66 bits per heavy atom. The summed E-state index contributed by atoms with van der Waals surface area (Å²) in [6.45, 7) is 7.82. The summed E-state index contributed by atoms with van der Waals surface area (Å²) in [6, 6.07) is 10.6. The number of rotatable bonds is 12. The minimum atomic E-state index is -0.301. The minimum absolute atomic E-state index is 0.193. The first-order chi connectivity index (χ1) is 18.4. The van der Waals surface area contributed by atoms with Crippen molar-refractivity contribution < 1.29 is 19.0 Å². The van der Waals surface area contributed by atoms with Crippen LogP contribution >= 0.6 is 11.6 Å². The predicted octanol–water partition coefficient (Wildman–Crippen LogP) is 3.92. The van der Waals surface area contributed by atoms with E-state index in [0.29, 0.717) is 71.8 Å². The fourth-order valence-corrected chi connectivity index (χ4v) is 4.08. The molecule has 0 radical (unpaired) electrons. The number of fused-ring (bicyclic) bond motifs is 1. The van der Waals surface area contributed by atoms with E-state index >= 15 is 0 Å². The molecule has 0 aliphatic heterocycles. The molecule has 200 valence electrons. The molecule has 4 rings (SSSR count). The van der Waals surface area contributed by atoms with Gasteiger partial charge < -0.3 is 19.5 Å². The Morgan fingerprint density at radius 3 is 2.29 bits per heavy atom. The lowest BCUT2D eigenvalue weighted by molar-refractivity contribution is 0.0951. The van der Waals surface area contributed by atoms with Gasteiger partial charge in [-0.25, -0.2) is 9.67 Å². The van der Waals surface area contributed by atoms with E-state index in [1.165, 1.54) is 17.1 Å². The van der Waals surface area contributed by atoms with Crippen molar-refractivity contribution >= 4 is 28.5 Å². The molecule has 0 aliphatic carbocycles. The number of hydrogen-bond donors (Lipinski definition) is 1. The number of ether oxygens (including phenoxy) is 3. The molecule has 2 aromatic carbocycles. The topological polar surface area (TPSA) is 110 Å². The molecule has 11 heteroatoms. The van der Waals surface area contributed by atoms with Crippen molar-refractivity contribution in [2.75, 3.05) is 26.4 Å². The van der Waals surface area contributed by atoms with Crippen molar-refractivity contribution in [3.63, 3.8) is 0 Å². The molecule has 1 amide bonds. The smallest absolute Gasteiger partial charge is 0.264 e. The highest BCUT2D eigenvalue weighted by Gasteiger charge is 2.18. The van der Waals surface area contributed by atoms with Gasteiger partial charge in [0, 0.05) is 17.1 Å². The van der Waals surface area contributed by atoms with Gasteiger partial charge in [0.05, 0.1) is 39.1 Å². The van der Waals surface area contributed by atoms with Crippen molar-refractivity contribution in [3.8, 4) is 17.2 Å². The molecule has 0 bridgehead atoms. The van der Waals surface area contributed by atoms with E-state index in [-0.39, 0.29) is 18.0 Å². The van der Waals surface area contributed by atoms with Crippen LogP contribution in [-0.4, -0.2) is 51.6 Å². The SMILES string of the molecule is CCOc1cc(C(=O)NCCn2ncc3c(=O)n(Cc4ccc(Cl)cc4)cnc32)cc(OCC)c1OCC. The van der Waals surface area contributed by atoms with E-state index in [1.807, 2.05) is 32.9 Å². The Balaban J connectivity index is 1.46. The normalized spacial score (nSPS) is 10.9. The minimum Gasteiger partial charge on any atom is -0.490 e. The molecule has 4 aromatic rings. The molecule has 38 heavy (non-hydrogen) atoms. The molecule has 2 heterocycles. The second-order valence-corrected chi connectivity index (χ2v) is 8.70. The zero-order valence-electron chi connectivity index (χ0n) is 21.6. The van der Waals surface area contributed by atoms with Crippen LogP contribution in [0.1, 0.15) is 36.7 Å². The van der Waals surface area contributed by atoms with Crippen molar-refractivity contribution in [2.45, 2.75) is 33.9 Å². The van der Waals surface area contributed by atoms with Gasteiger partial charge in [0.15, 0.2) is 17.1 Å². The summed E-state index contributed by atoms with van der Waals surface area (Å²) in [5, 5.41) is 8.23. The van der Waals surface area contributed by atoms with Crippen LogP contribution in [0.2, 0.25) is 5.02 Å². The van der Waals surface area contributed by atoms with Crippen molar-refractivity contribution in [1.82, 2.24) is 24.6 Å². The Kier molecular flexibility index (Phi) is 8.85. The second kappa shape index (κ2) is 12.5. The lowest BCUT2D eigenvalue weighted by Crippen LogP contribution is -2.28. The van der Waals surface area contributed by atoms with E-state index in [0.717, 1.165) is 5.56 Å². The monoisotopic (exact) mass is 539 g/mol. The van der Waals surface area contributed by atoms with Gasteiger partial charge >= 0.3 is 0 Å². The Labute approximate surface area is 225 Å². The Hall–Kier alpha value is -4.05. The van der Waals surface area contributed by atoms with Crippen LogP contribution in [0, 0.1) is 0 Å². The molecule has 1 N–H and O–H groups in total. The van der Waals surface area contributed by atoms with E-state index in [2.05, 4.69) is 15.4 Å². The van der Waals surface area contributed by atoms with Gasteiger partial charge in [0.2, 0.25) is 5.75 Å². The maximum absolute atomic E-state index is 13.0. The van der Waals surface area contributed by atoms with Crippen LogP contribution in [0.15, 0.2) is 53.7 Å². The summed E-state index contributed by atoms with van der Waals surface area (Å²) in [5.74, 6) is 1.07. The maximum Gasteiger partial charge on any atom is 0.264 e. The zero-order valence-corrected chi connectivity index (χ0v) is 22.3. The highest BCUT2D eigenvalue weighted by molar-refractivity contribution is 6.30. The Bertz CT molecular complexity index is 1440. The summed E-state index contributed by atoms with van der Waals surface area (Å²) < 4.78 is 20.2. The van der Waals surface area contributed by atoms with E-state index in [4.69, 9.17) is 25.8 Å². The first-order valence-electron chi connectivity index (χ1n) is 12.4. The van der Waals surface area contributed by atoms with Crippen LogP contribution in [0.5, 0.6) is 17.2 Å². The molecule has 0 spiro atoms. The average Bonchev–Trinajstić information content (AvgIpc) is 3.32. The highest BCUT2D eigenvalue weighted by atomic mass is 35.5. The third kappa shape index (κ3) is 6.08. The largest absolute Gasteiger partial charge is 0.490 e. The van der Waals surface area contributed by atoms with Gasteiger partial charge in [-0.2, -0.15) is 5.10 Å². The standard InChI is InChI=1S/C27H30ClN5O5/c1-4-36-22-13-19(14-23(37-5-2)24(22)38-6-3)26(34)29-11-12-33-25-21(15-31-33)27(35)32(17-30-25)16-18-7-9-20(28)10-8-18/h7-10,13-15,17H,4-6,11-12,16H2,1-3H3,(H,29,34). The van der Waals surface area contributed by atoms with Crippen LogP contribution < -0.4 is 25.1 Å². The maximum atomic E-state index is 13.0. The highest BCUT2D eigenvalue weighted by Crippen LogP contribution is 2.39. The third-order valence-electron chi connectivity index (χ3n) is 5.67. The molecule has 0 fully saturated rings. The van der Waals surface area contributed by atoms with E-state index < -0.39 is 0 Å². The lowest BCUT2D eigenvalue weighted by Gasteiger charge is -2.17. The molecule has 0 saturated carbocycles. The summed E-state index contributed by atoms with van der Waals surface area (Å²) in [4.78, 5) is 30.3. The van der Waals surface area contributed by atoms with Gasteiger partial charge in [-0.3, -0.25) is 14.2 Å². The first kappa shape index (κ1) is 27.0. The molecule has 0 aliphatic rings. The number of carbonyl (C=O) groups excluding carboxylic acids is 1. The van der Waals surface area contributed by atoms with Crippen molar-refractivity contribution in [2.24, 2.45) is 0 Å². The van der Waals surface area contributed by atoms with Gasteiger partial charge in [0.25, 0.3) is 11.5 Å². The molecule has 2 aromatic heterocycles. The molecule has 10 nitrogen and oxygen atoms in total. The summed E-state index contributed by atoms with van der Waals surface area (Å²) >= 11 is 5.95. The number of hydrogen-bond acceptors (Lipinski definition) is 7. The van der Waals surface area contributed by atoms with Crippen molar-refractivity contribution in [3.05, 3.63) is 75.4 Å². The summed E-state index contributed by atoms with van der Waals surface area (Å²) in [7, 11) is 0. The summed E-state index contributed by atoms with van der Waals surface area (Å²) in [5.41, 5.74) is 1.58. The molecule has 0 unspecified atom stereocenters. The molecule has 0 atom stereocenters. The van der Waals surface area contributed by atoms with Gasteiger partial charge in [-0.1, -0.05) is 23.7 Å². The quantitative estimate of drug-likeness (QED) is 0.290. The van der Waals surface area contributed by atoms with Gasteiger partial charge in [0.1, 0.15) is 11.7 Å². The summed E-state index contributed by atoms with van der Waals surface area (Å²) in [6.07, 6.45) is 3.00. The number of carbonyl (C=O) groups is 1. The van der Waals surface area contributed by atoms with Gasteiger partial charge in [-0.05, 0) is 50.6 Å². The number of nitrogens with one attached hydrogen (secondary N) is 1. The zero-order chi connectivity index (χ0) is 27.1. The van der Waals surface area contributed by atoms with Crippen LogP contribution in [0.25, 0.3) is 11.0 Å². The van der Waals surface area contributed by atoms with Crippen molar-refractivity contribution in [1.29, 1.82) is 0 Å². The lowest BCUT2D eigenvalue weighted by atomic mass is 10.1. The Morgan fingerprint density at radius 1 is 1.00 bits per heavy atom. The number of benzene rings is 2. The van der Waals surface area contributed by atoms with E-state index in [1.54, 1.807) is 28.9 Å². The first-order valence-corrected chi connectivity index (χ1v) is 12.8. The average molecular weight is 540 g/mol. The third-order valence-corrected chi connectivity index (χ3v) is 5.92. The molecular formula is C27H30ClN5O5. The van der Waals surface area contributed by atoms with Crippen LogP contribution in [0.4, 0.5) is 0 Å². The predicted molar refractivity (Wildman–Crippen MR) is 145 cm³/mol. The number of nitrogens with zero attached hydrogens (tertiary/aromatic N) is 4. The van der Waals surface area contributed by atoms with E-state index in [9.17, 15) is 9.59 Å². The fourth-order valence-electron chi connectivity index (χ4n) is 3.96. The second-order valence-electron chi connectivity index (χ2n) is 8.27. The van der Waals surface area contributed by atoms with Crippen LogP contribution in [0.3, 0.4) is 0 Å². The van der Waals surface area contributed by atoms with Gasteiger partial charge in [-0.15, -0.1) is 0 Å². The number of halogens is 1.